The minimum absolute atomic E-state index is 0.0519. The SMILES string of the molecule is COC(=O)c1c(NC(=O)C2=C(C)NC3=C(C(=O)C[C@@H](c4ccccc4)C3)[C@H]2c2ccccc2)sc2c1CCCC2. The number of hydrogen-bond acceptors (Lipinski definition) is 6. The molecule has 0 radical (unpaired) electrons. The summed E-state index contributed by atoms with van der Waals surface area (Å²) in [7, 11) is 1.37. The molecule has 0 saturated heterocycles. The Hall–Kier alpha value is -3.97. The van der Waals surface area contributed by atoms with Gasteiger partial charge in [-0.1, -0.05) is 60.7 Å². The predicted molar refractivity (Wildman–Crippen MR) is 156 cm³/mol. The zero-order valence-corrected chi connectivity index (χ0v) is 23.5. The number of amides is 1. The highest BCUT2D eigenvalue weighted by molar-refractivity contribution is 7.17. The van der Waals surface area contributed by atoms with Gasteiger partial charge in [0.05, 0.1) is 12.7 Å². The van der Waals surface area contributed by atoms with Crippen molar-refractivity contribution in [1.82, 2.24) is 5.32 Å². The molecule has 2 heterocycles. The molecule has 2 aliphatic carbocycles. The number of ether oxygens (including phenoxy) is 1. The van der Waals surface area contributed by atoms with Gasteiger partial charge in [0, 0.05) is 39.8 Å². The van der Waals surface area contributed by atoms with Gasteiger partial charge in [0.15, 0.2) is 5.78 Å². The summed E-state index contributed by atoms with van der Waals surface area (Å²) in [4.78, 5) is 41.9. The van der Waals surface area contributed by atoms with Crippen LogP contribution in [-0.2, 0) is 27.2 Å². The first-order chi connectivity index (χ1) is 19.5. The molecule has 1 amide bonds. The van der Waals surface area contributed by atoms with Crippen LogP contribution in [0.4, 0.5) is 5.00 Å². The number of hydrogen-bond donors (Lipinski definition) is 2. The Bertz CT molecular complexity index is 1550. The minimum atomic E-state index is -0.502. The van der Waals surface area contributed by atoms with Crippen molar-refractivity contribution in [1.29, 1.82) is 0 Å². The largest absolute Gasteiger partial charge is 0.465 e. The van der Waals surface area contributed by atoms with Crippen molar-refractivity contribution in [2.45, 2.75) is 57.3 Å². The second-order valence-electron chi connectivity index (χ2n) is 10.7. The van der Waals surface area contributed by atoms with E-state index < -0.39 is 11.9 Å². The summed E-state index contributed by atoms with van der Waals surface area (Å²) in [5.74, 6) is -1.11. The number of aryl methyl sites for hydroxylation is 1. The van der Waals surface area contributed by atoms with Gasteiger partial charge >= 0.3 is 5.97 Å². The molecule has 3 aromatic rings. The third-order valence-corrected chi connectivity index (χ3v) is 9.47. The first-order valence-corrected chi connectivity index (χ1v) is 14.7. The summed E-state index contributed by atoms with van der Waals surface area (Å²) in [5, 5.41) is 7.05. The number of nitrogens with one attached hydrogen (secondary N) is 2. The molecule has 204 valence electrons. The maximum Gasteiger partial charge on any atom is 0.341 e. The molecule has 3 aliphatic rings. The molecule has 6 nitrogen and oxygen atoms in total. The number of Topliss-reactive ketones (excluding diaryl/α,β-unsaturated/α-hetero) is 1. The lowest BCUT2D eigenvalue weighted by atomic mass is 9.71. The van der Waals surface area contributed by atoms with E-state index in [2.05, 4.69) is 22.8 Å². The molecule has 0 spiro atoms. The van der Waals surface area contributed by atoms with Crippen LogP contribution in [0.2, 0.25) is 0 Å². The van der Waals surface area contributed by atoms with E-state index in [0.717, 1.165) is 52.9 Å². The second-order valence-corrected chi connectivity index (χ2v) is 11.8. The molecule has 0 fully saturated rings. The number of benzene rings is 2. The smallest absolute Gasteiger partial charge is 0.341 e. The number of dihydropyridines is 1. The molecule has 40 heavy (non-hydrogen) atoms. The average molecular weight is 553 g/mol. The number of rotatable bonds is 5. The van der Waals surface area contributed by atoms with Crippen molar-refractivity contribution < 1.29 is 19.1 Å². The van der Waals surface area contributed by atoms with E-state index in [4.69, 9.17) is 4.74 Å². The number of allylic oxidation sites excluding steroid dienone is 3. The zero-order valence-electron chi connectivity index (χ0n) is 22.7. The Morgan fingerprint density at radius 1 is 0.950 bits per heavy atom. The predicted octanol–water partition coefficient (Wildman–Crippen LogP) is 6.41. The molecule has 7 heteroatoms. The standard InChI is InChI=1S/C33H32N2O4S/c1-19-27(31(37)35-32-29(33(38)39-2)23-15-9-10-16-26(23)40-32)28(21-13-7-4-8-14-21)30-24(34-19)17-22(18-25(30)36)20-11-5-3-6-12-20/h3-8,11-14,22,28,34H,9-10,15-18H2,1-2H3,(H,35,37)/t22-,28-/m0/s1. The number of ketones is 1. The van der Waals surface area contributed by atoms with Crippen LogP contribution in [0, 0.1) is 0 Å². The van der Waals surface area contributed by atoms with Crippen molar-refractivity contribution in [3.63, 3.8) is 0 Å². The molecule has 1 aliphatic heterocycles. The van der Waals surface area contributed by atoms with Crippen molar-refractivity contribution >= 4 is 34.0 Å². The lowest BCUT2D eigenvalue weighted by Crippen LogP contribution is -2.37. The van der Waals surface area contributed by atoms with Crippen LogP contribution in [-0.4, -0.2) is 24.8 Å². The van der Waals surface area contributed by atoms with Crippen LogP contribution in [0.1, 0.15) is 76.4 Å². The van der Waals surface area contributed by atoms with Gasteiger partial charge < -0.3 is 15.4 Å². The summed E-state index contributed by atoms with van der Waals surface area (Å²) in [6.45, 7) is 1.89. The van der Waals surface area contributed by atoms with Gasteiger partial charge in [-0.15, -0.1) is 11.3 Å². The minimum Gasteiger partial charge on any atom is -0.465 e. The topological polar surface area (TPSA) is 84.5 Å². The van der Waals surface area contributed by atoms with Gasteiger partial charge in [-0.2, -0.15) is 0 Å². The molecular weight excluding hydrogens is 520 g/mol. The van der Waals surface area contributed by atoms with E-state index in [1.807, 2.05) is 55.5 Å². The third-order valence-electron chi connectivity index (χ3n) is 8.26. The van der Waals surface area contributed by atoms with Gasteiger partial charge in [0.2, 0.25) is 0 Å². The number of thiophene rings is 1. The van der Waals surface area contributed by atoms with Gasteiger partial charge in [-0.05, 0) is 61.6 Å². The van der Waals surface area contributed by atoms with E-state index >= 15 is 0 Å². The summed E-state index contributed by atoms with van der Waals surface area (Å²) >= 11 is 1.46. The Balaban J connectivity index is 1.39. The van der Waals surface area contributed by atoms with Crippen LogP contribution >= 0.6 is 11.3 Å². The molecule has 2 atom stereocenters. The van der Waals surface area contributed by atoms with Gasteiger partial charge in [0.1, 0.15) is 5.00 Å². The van der Waals surface area contributed by atoms with Gasteiger partial charge in [-0.25, -0.2) is 4.79 Å². The highest BCUT2D eigenvalue weighted by atomic mass is 32.1. The number of carbonyl (C=O) groups excluding carboxylic acids is 3. The van der Waals surface area contributed by atoms with E-state index in [0.29, 0.717) is 40.2 Å². The first-order valence-electron chi connectivity index (χ1n) is 13.8. The van der Waals surface area contributed by atoms with Crippen molar-refractivity contribution in [3.8, 4) is 0 Å². The van der Waals surface area contributed by atoms with Crippen LogP contribution in [0.15, 0.2) is 83.2 Å². The van der Waals surface area contributed by atoms with Crippen LogP contribution < -0.4 is 10.6 Å². The molecule has 2 N–H and O–H groups in total. The average Bonchev–Trinajstić information content (AvgIpc) is 3.34. The van der Waals surface area contributed by atoms with Crippen LogP contribution in [0.5, 0.6) is 0 Å². The normalized spacial score (nSPS) is 20.4. The number of esters is 1. The second kappa shape index (κ2) is 10.9. The fraction of sp³-hybridized carbons (Fsp3) is 0.303. The van der Waals surface area contributed by atoms with Crippen molar-refractivity contribution in [2.24, 2.45) is 0 Å². The molecule has 0 bridgehead atoms. The highest BCUT2D eigenvalue weighted by Crippen LogP contribution is 2.46. The summed E-state index contributed by atoms with van der Waals surface area (Å²) < 4.78 is 5.11. The summed E-state index contributed by atoms with van der Waals surface area (Å²) in [6.07, 6.45) is 4.86. The molecule has 6 rings (SSSR count). The Labute approximate surface area is 238 Å². The van der Waals surface area contributed by atoms with E-state index in [1.54, 1.807) is 0 Å². The van der Waals surface area contributed by atoms with E-state index in [-0.39, 0.29) is 17.6 Å². The fourth-order valence-corrected chi connectivity index (χ4v) is 7.69. The van der Waals surface area contributed by atoms with E-state index in [1.165, 1.54) is 18.4 Å². The van der Waals surface area contributed by atoms with Crippen molar-refractivity contribution in [2.75, 3.05) is 12.4 Å². The zero-order chi connectivity index (χ0) is 27.8. The molecule has 0 unspecified atom stereocenters. The Morgan fingerprint density at radius 3 is 2.33 bits per heavy atom. The van der Waals surface area contributed by atoms with Crippen LogP contribution in [0.3, 0.4) is 0 Å². The Morgan fingerprint density at radius 2 is 1.62 bits per heavy atom. The van der Waals surface area contributed by atoms with Crippen molar-refractivity contribution in [3.05, 3.63) is 110 Å². The third kappa shape index (κ3) is 4.68. The maximum atomic E-state index is 14.1. The lowest BCUT2D eigenvalue weighted by molar-refractivity contribution is -0.116. The number of methoxy groups -OCH3 is 1. The molecule has 2 aromatic carbocycles. The van der Waals surface area contributed by atoms with E-state index in [9.17, 15) is 14.4 Å². The first kappa shape index (κ1) is 26.3. The Kier molecular flexibility index (Phi) is 7.15. The molecular formula is C33H32N2O4S. The number of fused-ring (bicyclic) bond motifs is 1. The van der Waals surface area contributed by atoms with Crippen LogP contribution in [0.25, 0.3) is 0 Å². The highest BCUT2D eigenvalue weighted by Gasteiger charge is 2.41. The maximum absolute atomic E-state index is 14.1. The molecule has 0 saturated carbocycles. The number of anilines is 1. The van der Waals surface area contributed by atoms with Gasteiger partial charge in [-0.3, -0.25) is 9.59 Å². The summed E-state index contributed by atoms with van der Waals surface area (Å²) in [6, 6.07) is 19.9. The fourth-order valence-electron chi connectivity index (χ4n) is 6.42. The number of carbonyl (C=O) groups is 3. The monoisotopic (exact) mass is 552 g/mol. The lowest BCUT2D eigenvalue weighted by Gasteiger charge is -2.37. The quantitative estimate of drug-likeness (QED) is 0.357. The van der Waals surface area contributed by atoms with Gasteiger partial charge in [0.25, 0.3) is 5.91 Å². The summed E-state index contributed by atoms with van der Waals surface area (Å²) in [5.41, 5.74) is 6.25. The molecule has 1 aromatic heterocycles.